The van der Waals surface area contributed by atoms with E-state index in [0.29, 0.717) is 0 Å². The first-order valence-corrected chi connectivity index (χ1v) is 14.9. The summed E-state index contributed by atoms with van der Waals surface area (Å²) >= 11 is 0. The molecule has 0 aliphatic rings. The van der Waals surface area contributed by atoms with Crippen LogP contribution in [0.3, 0.4) is 0 Å². The van der Waals surface area contributed by atoms with Gasteiger partial charge >= 0.3 is 17.2 Å². The molecular formula is C29H46O6P2. The zero-order valence-corrected chi connectivity index (χ0v) is 26.5. The van der Waals surface area contributed by atoms with Crippen LogP contribution in [0.25, 0.3) is 0 Å². The maximum absolute atomic E-state index is 6.12. The molecule has 0 aliphatic heterocycles. The van der Waals surface area contributed by atoms with Crippen molar-refractivity contribution in [2.45, 2.75) is 84.5 Å². The lowest BCUT2D eigenvalue weighted by atomic mass is 9.70. The molecule has 208 valence electrons. The van der Waals surface area contributed by atoms with Crippen LogP contribution in [0, 0.1) is 0 Å². The van der Waals surface area contributed by atoms with E-state index in [1.54, 1.807) is 28.4 Å². The Balaban J connectivity index is 2.69. The van der Waals surface area contributed by atoms with Gasteiger partial charge in [0.1, 0.15) is 11.5 Å². The minimum atomic E-state index is -1.45. The Labute approximate surface area is 227 Å². The molecule has 37 heavy (non-hydrogen) atoms. The Morgan fingerprint density at radius 2 is 0.946 bits per heavy atom. The largest absolute Gasteiger partial charge is 0.426 e. The highest BCUT2D eigenvalue weighted by molar-refractivity contribution is 7.42. The molecule has 0 radical (unpaired) electrons. The first kappa shape index (κ1) is 32.0. The van der Waals surface area contributed by atoms with Gasteiger partial charge in [0.25, 0.3) is 0 Å². The van der Waals surface area contributed by atoms with Crippen LogP contribution in [-0.2, 0) is 34.3 Å². The maximum atomic E-state index is 6.12. The van der Waals surface area contributed by atoms with Crippen molar-refractivity contribution in [3.05, 3.63) is 58.7 Å². The van der Waals surface area contributed by atoms with Crippen molar-refractivity contribution in [1.29, 1.82) is 0 Å². The smallest absolute Gasteiger partial charge is 0.396 e. The van der Waals surface area contributed by atoms with E-state index in [1.807, 2.05) is 0 Å². The first-order valence-electron chi connectivity index (χ1n) is 12.7. The predicted octanol–water partition coefficient (Wildman–Crippen LogP) is 9.18. The first-order chi connectivity index (χ1) is 17.2. The molecule has 0 bridgehead atoms. The molecular weight excluding hydrogens is 506 g/mol. The Morgan fingerprint density at radius 3 is 1.22 bits per heavy atom. The molecule has 0 spiro atoms. The van der Waals surface area contributed by atoms with E-state index < -0.39 is 17.2 Å². The number of rotatable bonds is 12. The summed E-state index contributed by atoms with van der Waals surface area (Å²) in [7, 11) is 3.50. The van der Waals surface area contributed by atoms with E-state index >= 15 is 0 Å². The van der Waals surface area contributed by atoms with Gasteiger partial charge in [0.05, 0.1) is 0 Å². The van der Waals surface area contributed by atoms with Gasteiger partial charge in [0.15, 0.2) is 0 Å². The molecule has 6 nitrogen and oxygen atoms in total. The molecule has 0 saturated heterocycles. The zero-order valence-electron chi connectivity index (χ0n) is 24.7. The normalized spacial score (nSPS) is 12.9. The average molecular weight is 553 g/mol. The lowest BCUT2D eigenvalue weighted by Gasteiger charge is -2.35. The Kier molecular flexibility index (Phi) is 11.4. The molecule has 2 aromatic carbocycles. The van der Waals surface area contributed by atoms with Crippen LogP contribution in [0.5, 0.6) is 11.5 Å². The van der Waals surface area contributed by atoms with Crippen LogP contribution >= 0.6 is 17.2 Å². The molecule has 0 N–H and O–H groups in total. The van der Waals surface area contributed by atoms with Crippen molar-refractivity contribution < 1.29 is 27.1 Å². The standard InChI is InChI=1S/C29H46O6P2/c1-13-18-29(8,21-14-16-25(34-36(30-9)31-10)23(19-21)27(2,3)4)22-15-17-26(35-37(32-11)33-12)24(20-22)28(5,6)7/h14-17,19-20H,13,18H2,1-12H3. The van der Waals surface area contributed by atoms with Gasteiger partial charge in [-0.1, -0.05) is 86.1 Å². The Hall–Kier alpha value is -1.26. The van der Waals surface area contributed by atoms with Gasteiger partial charge < -0.3 is 27.1 Å². The van der Waals surface area contributed by atoms with E-state index in [0.717, 1.165) is 35.5 Å². The topological polar surface area (TPSA) is 55.4 Å². The van der Waals surface area contributed by atoms with Crippen LogP contribution in [0.1, 0.15) is 90.5 Å². The van der Waals surface area contributed by atoms with Gasteiger partial charge in [-0.2, -0.15) is 0 Å². The van der Waals surface area contributed by atoms with Gasteiger partial charge in [0.2, 0.25) is 0 Å². The quantitative estimate of drug-likeness (QED) is 0.245. The third-order valence-electron chi connectivity index (χ3n) is 6.54. The van der Waals surface area contributed by atoms with Crippen molar-refractivity contribution in [2.75, 3.05) is 28.4 Å². The fraction of sp³-hybridized carbons (Fsp3) is 0.586. The molecule has 0 atom stereocenters. The third-order valence-corrected chi connectivity index (χ3v) is 8.43. The Bertz CT molecular complexity index is 929. The van der Waals surface area contributed by atoms with Crippen molar-refractivity contribution in [3.63, 3.8) is 0 Å². The highest BCUT2D eigenvalue weighted by Gasteiger charge is 2.33. The molecule has 0 unspecified atom stereocenters. The monoisotopic (exact) mass is 552 g/mol. The minimum absolute atomic E-state index is 0.132. The molecule has 8 heteroatoms. The second-order valence-electron chi connectivity index (χ2n) is 11.4. The van der Waals surface area contributed by atoms with Gasteiger partial charge in [-0.15, -0.1) is 0 Å². The van der Waals surface area contributed by atoms with E-state index in [-0.39, 0.29) is 16.2 Å². The summed E-state index contributed by atoms with van der Waals surface area (Å²) < 4.78 is 33.7. The summed E-state index contributed by atoms with van der Waals surface area (Å²) in [5.41, 5.74) is 4.25. The highest BCUT2D eigenvalue weighted by atomic mass is 31.2. The molecule has 0 aromatic heterocycles. The van der Waals surface area contributed by atoms with Crippen LogP contribution < -0.4 is 9.05 Å². The lowest BCUT2D eigenvalue weighted by molar-refractivity contribution is 0.274. The minimum Gasteiger partial charge on any atom is -0.426 e. The van der Waals surface area contributed by atoms with Crippen LogP contribution in [0.4, 0.5) is 0 Å². The maximum Gasteiger partial charge on any atom is 0.396 e. The summed E-state index contributed by atoms with van der Waals surface area (Å²) in [5.74, 6) is 1.58. The van der Waals surface area contributed by atoms with Gasteiger partial charge in [-0.3, -0.25) is 0 Å². The molecule has 0 saturated carbocycles. The molecule has 0 fully saturated rings. The Morgan fingerprint density at radius 1 is 0.595 bits per heavy atom. The third kappa shape index (κ3) is 7.88. The van der Waals surface area contributed by atoms with E-state index in [1.165, 1.54) is 11.1 Å². The average Bonchev–Trinajstić information content (AvgIpc) is 2.84. The van der Waals surface area contributed by atoms with Gasteiger partial charge in [0, 0.05) is 45.0 Å². The van der Waals surface area contributed by atoms with Crippen LogP contribution in [-0.4, -0.2) is 28.4 Å². The van der Waals surface area contributed by atoms with E-state index in [9.17, 15) is 0 Å². The number of benzene rings is 2. The molecule has 2 aromatic rings. The van der Waals surface area contributed by atoms with Gasteiger partial charge in [-0.05, 0) is 40.5 Å². The van der Waals surface area contributed by atoms with Crippen molar-refractivity contribution >= 4 is 17.2 Å². The number of hydrogen-bond donors (Lipinski definition) is 0. The van der Waals surface area contributed by atoms with E-state index in [4.69, 9.17) is 27.1 Å². The van der Waals surface area contributed by atoms with Crippen molar-refractivity contribution in [2.24, 2.45) is 0 Å². The summed E-state index contributed by atoms with van der Waals surface area (Å²) in [4.78, 5) is 0. The molecule has 0 heterocycles. The van der Waals surface area contributed by atoms with E-state index in [2.05, 4.69) is 91.8 Å². The summed E-state index contributed by atoms with van der Waals surface area (Å²) in [6, 6.07) is 13.1. The van der Waals surface area contributed by atoms with Crippen LogP contribution in [0.2, 0.25) is 0 Å². The summed E-state index contributed by atoms with van der Waals surface area (Å²) in [5, 5.41) is 0. The van der Waals surface area contributed by atoms with Crippen molar-refractivity contribution in [1.82, 2.24) is 0 Å². The van der Waals surface area contributed by atoms with Crippen molar-refractivity contribution in [3.8, 4) is 11.5 Å². The fourth-order valence-electron chi connectivity index (χ4n) is 4.49. The fourth-order valence-corrected chi connectivity index (χ4v) is 5.73. The number of hydrogen-bond acceptors (Lipinski definition) is 6. The summed E-state index contributed by atoms with van der Waals surface area (Å²) in [6.45, 7) is 17.8. The van der Waals surface area contributed by atoms with Gasteiger partial charge in [-0.25, -0.2) is 0 Å². The predicted molar refractivity (Wildman–Crippen MR) is 155 cm³/mol. The molecule has 0 amide bonds. The second kappa shape index (κ2) is 13.2. The summed E-state index contributed by atoms with van der Waals surface area (Å²) in [6.07, 6.45) is 2.03. The SMILES string of the molecule is CCCC(C)(c1ccc(OP(OC)OC)c(C(C)(C)C)c1)c1ccc(OP(OC)OC)c(C(C)(C)C)c1. The molecule has 0 aliphatic carbocycles. The highest BCUT2D eigenvalue weighted by Crippen LogP contribution is 2.48. The zero-order chi connectivity index (χ0) is 28.0. The lowest BCUT2D eigenvalue weighted by Crippen LogP contribution is -2.26. The molecule has 2 rings (SSSR count). The second-order valence-corrected chi connectivity index (χ2v) is 14.1. The van der Waals surface area contributed by atoms with Crippen LogP contribution in [0.15, 0.2) is 36.4 Å².